The highest BCUT2D eigenvalue weighted by atomic mass is 15.1. The van der Waals surface area contributed by atoms with Crippen molar-refractivity contribution in [3.63, 3.8) is 0 Å². The Balaban J connectivity index is 0.907. The third kappa shape index (κ3) is 6.18. The predicted molar refractivity (Wildman–Crippen MR) is 269 cm³/mol. The maximum Gasteiger partial charge on any atom is 0.0541 e. The van der Waals surface area contributed by atoms with Gasteiger partial charge in [0.25, 0.3) is 0 Å². The van der Waals surface area contributed by atoms with Crippen LogP contribution in [0.2, 0.25) is 0 Å². The molecule has 0 spiro atoms. The van der Waals surface area contributed by atoms with Gasteiger partial charge in [0.15, 0.2) is 0 Å². The molecule has 0 aliphatic carbocycles. The molecule has 0 aliphatic heterocycles. The van der Waals surface area contributed by atoms with Gasteiger partial charge in [-0.25, -0.2) is 0 Å². The van der Waals surface area contributed by atoms with Crippen LogP contribution in [0.15, 0.2) is 237 Å². The van der Waals surface area contributed by atoms with E-state index in [1.807, 2.05) is 0 Å². The molecule has 63 heavy (non-hydrogen) atoms. The van der Waals surface area contributed by atoms with Crippen LogP contribution in [-0.4, -0.2) is 4.57 Å². The van der Waals surface area contributed by atoms with Gasteiger partial charge in [0, 0.05) is 33.5 Å². The number of fused-ring (bicyclic) bond motifs is 6. The van der Waals surface area contributed by atoms with E-state index in [4.69, 9.17) is 0 Å². The first-order chi connectivity index (χ1) is 31.2. The number of aryl methyl sites for hydroxylation is 1. The second-order valence-electron chi connectivity index (χ2n) is 16.6. The summed E-state index contributed by atoms with van der Waals surface area (Å²) < 4.78 is 2.37. The van der Waals surface area contributed by atoms with Gasteiger partial charge in [-0.1, -0.05) is 181 Å². The Labute approximate surface area is 367 Å². The summed E-state index contributed by atoms with van der Waals surface area (Å²) in [5.74, 6) is 0. The lowest BCUT2D eigenvalue weighted by molar-refractivity contribution is 1.17. The first-order valence-corrected chi connectivity index (χ1v) is 21.8. The molecule has 296 valence electrons. The molecule has 0 unspecified atom stereocenters. The van der Waals surface area contributed by atoms with Crippen molar-refractivity contribution in [1.82, 2.24) is 4.57 Å². The highest BCUT2D eigenvalue weighted by molar-refractivity contribution is 6.23. The summed E-state index contributed by atoms with van der Waals surface area (Å²) >= 11 is 0. The number of aromatic nitrogens is 1. The van der Waals surface area contributed by atoms with Gasteiger partial charge in [-0.3, -0.25) is 0 Å². The molecule has 0 radical (unpaired) electrons. The third-order valence-corrected chi connectivity index (χ3v) is 12.8. The number of rotatable bonds is 7. The molecule has 1 heterocycles. The summed E-state index contributed by atoms with van der Waals surface area (Å²) in [5, 5.41) is 10.1. The van der Waals surface area contributed by atoms with Gasteiger partial charge in [0.05, 0.1) is 11.0 Å². The maximum absolute atomic E-state index is 2.37. The number of anilines is 3. The van der Waals surface area contributed by atoms with Crippen LogP contribution in [0.5, 0.6) is 0 Å². The van der Waals surface area contributed by atoms with Gasteiger partial charge in [0.1, 0.15) is 0 Å². The van der Waals surface area contributed by atoms with E-state index in [2.05, 4.69) is 253 Å². The predicted octanol–water partition coefficient (Wildman–Crippen LogP) is 17.0. The quantitative estimate of drug-likeness (QED) is 0.146. The maximum atomic E-state index is 2.37. The van der Waals surface area contributed by atoms with E-state index in [0.29, 0.717) is 0 Å². The normalized spacial score (nSPS) is 11.6. The van der Waals surface area contributed by atoms with E-state index in [9.17, 15) is 0 Å². The van der Waals surface area contributed by atoms with Gasteiger partial charge in [-0.05, 0) is 133 Å². The molecule has 0 N–H and O–H groups in total. The molecule has 0 aliphatic rings. The number of nitrogens with zero attached hydrogens (tertiary/aromatic N) is 2. The minimum Gasteiger partial charge on any atom is -0.311 e. The Morgan fingerprint density at radius 3 is 1.46 bits per heavy atom. The van der Waals surface area contributed by atoms with Crippen LogP contribution in [0, 0.1) is 6.92 Å². The zero-order chi connectivity index (χ0) is 41.9. The Hall–Kier alpha value is -8.20. The molecule has 2 nitrogen and oxygen atoms in total. The average Bonchev–Trinajstić information content (AvgIpc) is 3.68. The summed E-state index contributed by atoms with van der Waals surface area (Å²) in [4.78, 5) is 2.34. The van der Waals surface area contributed by atoms with Crippen molar-refractivity contribution in [2.75, 3.05) is 4.90 Å². The van der Waals surface area contributed by atoms with E-state index in [-0.39, 0.29) is 0 Å². The van der Waals surface area contributed by atoms with Crippen LogP contribution < -0.4 is 4.90 Å². The van der Waals surface area contributed by atoms with Crippen LogP contribution in [0.3, 0.4) is 0 Å². The number of hydrogen-bond acceptors (Lipinski definition) is 1. The second kappa shape index (κ2) is 15.1. The van der Waals surface area contributed by atoms with Gasteiger partial charge >= 0.3 is 0 Å². The van der Waals surface area contributed by atoms with Gasteiger partial charge in [-0.2, -0.15) is 0 Å². The molecule has 0 fully saturated rings. The Morgan fingerprint density at radius 1 is 0.317 bits per heavy atom. The molecular formula is C61H42N2. The third-order valence-electron chi connectivity index (χ3n) is 12.8. The molecule has 12 aromatic rings. The lowest BCUT2D eigenvalue weighted by Crippen LogP contribution is -2.10. The van der Waals surface area contributed by atoms with Crippen molar-refractivity contribution < 1.29 is 0 Å². The number of benzene rings is 11. The van der Waals surface area contributed by atoms with Crippen LogP contribution >= 0.6 is 0 Å². The van der Waals surface area contributed by atoms with E-state index in [0.717, 1.165) is 22.7 Å². The van der Waals surface area contributed by atoms with Crippen molar-refractivity contribution in [2.24, 2.45) is 0 Å². The van der Waals surface area contributed by atoms with Crippen molar-refractivity contribution in [3.8, 4) is 39.1 Å². The highest BCUT2D eigenvalue weighted by Crippen LogP contribution is 2.46. The highest BCUT2D eigenvalue weighted by Gasteiger charge is 2.19. The largest absolute Gasteiger partial charge is 0.311 e. The Morgan fingerprint density at radius 2 is 0.794 bits per heavy atom. The van der Waals surface area contributed by atoms with Crippen LogP contribution in [-0.2, 0) is 0 Å². The molecule has 0 bridgehead atoms. The van der Waals surface area contributed by atoms with Crippen LogP contribution in [0.4, 0.5) is 17.1 Å². The topological polar surface area (TPSA) is 8.17 Å². The van der Waals surface area contributed by atoms with Gasteiger partial charge < -0.3 is 9.47 Å². The molecule has 2 heteroatoms. The summed E-state index contributed by atoms with van der Waals surface area (Å²) in [7, 11) is 0. The molecule has 0 saturated heterocycles. The zero-order valence-electron chi connectivity index (χ0n) is 34.9. The molecule has 12 rings (SSSR count). The monoisotopic (exact) mass is 802 g/mol. The molecule has 1 aromatic heterocycles. The van der Waals surface area contributed by atoms with Crippen molar-refractivity contribution in [2.45, 2.75) is 6.92 Å². The van der Waals surface area contributed by atoms with E-state index in [1.54, 1.807) is 0 Å². The van der Waals surface area contributed by atoms with E-state index < -0.39 is 0 Å². The fraction of sp³-hybridized carbons (Fsp3) is 0.0164. The standard InChI is InChI=1S/C61H42N2/c1-41-26-39-56-57(40-41)61(53-23-13-15-44-14-5-6-18-50(44)53)55-22-8-7-21-54(55)60(56)45-29-27-42(28-30-45)43-31-33-47(34-32-43)62(46-16-3-2-4-17-46)48-35-37-49(38-36-48)63-58-24-11-9-19-51(58)52-20-10-12-25-59(52)63/h2-40H,1H3. The van der Waals surface area contributed by atoms with Crippen molar-refractivity contribution in [1.29, 1.82) is 0 Å². The Bertz CT molecular complexity index is 3600. The van der Waals surface area contributed by atoms with Gasteiger partial charge in [0.2, 0.25) is 0 Å². The second-order valence-corrected chi connectivity index (χ2v) is 16.6. The minimum absolute atomic E-state index is 1.10. The van der Waals surface area contributed by atoms with Gasteiger partial charge in [-0.15, -0.1) is 0 Å². The molecular weight excluding hydrogens is 761 g/mol. The average molecular weight is 803 g/mol. The minimum atomic E-state index is 1.10. The first-order valence-electron chi connectivity index (χ1n) is 21.8. The summed E-state index contributed by atoms with van der Waals surface area (Å²) in [6.45, 7) is 2.20. The number of para-hydroxylation sites is 3. The molecule has 11 aromatic carbocycles. The first kappa shape index (κ1) is 36.6. The lowest BCUT2D eigenvalue weighted by Gasteiger charge is -2.26. The summed E-state index contributed by atoms with van der Waals surface area (Å²) in [5.41, 5.74) is 15.5. The summed E-state index contributed by atoms with van der Waals surface area (Å²) in [6.07, 6.45) is 0. The van der Waals surface area contributed by atoms with Crippen molar-refractivity contribution in [3.05, 3.63) is 242 Å². The van der Waals surface area contributed by atoms with E-state index >= 15 is 0 Å². The van der Waals surface area contributed by atoms with Crippen LogP contribution in [0.25, 0.3) is 93.2 Å². The molecule has 0 amide bonds. The van der Waals surface area contributed by atoms with Crippen LogP contribution in [0.1, 0.15) is 5.56 Å². The molecule has 0 atom stereocenters. The fourth-order valence-electron chi connectivity index (χ4n) is 9.94. The summed E-state index contributed by atoms with van der Waals surface area (Å²) in [6, 6.07) is 86.4. The lowest BCUT2D eigenvalue weighted by atomic mass is 9.84. The van der Waals surface area contributed by atoms with E-state index in [1.165, 1.54) is 93.1 Å². The zero-order valence-corrected chi connectivity index (χ0v) is 34.9. The number of hydrogen-bond donors (Lipinski definition) is 0. The van der Waals surface area contributed by atoms with Crippen molar-refractivity contribution >= 4 is 71.2 Å². The SMILES string of the molecule is Cc1ccc2c(-c3ccc(-c4ccc(N(c5ccccc5)c5ccc(-n6c7ccccc7c7ccccc76)cc5)cc4)cc3)c3ccccc3c(-c3cccc4ccccc34)c2c1. The Kier molecular flexibility index (Phi) is 8.76. The fourth-order valence-corrected chi connectivity index (χ4v) is 9.94. The molecule has 0 saturated carbocycles. The smallest absolute Gasteiger partial charge is 0.0541 e.